The molecule has 0 radical (unpaired) electrons. The van der Waals surface area contributed by atoms with Gasteiger partial charge in [0.15, 0.2) is 5.82 Å². The lowest BCUT2D eigenvalue weighted by atomic mass is 10.3. The molecule has 0 unspecified atom stereocenters. The number of nitrogens with two attached hydrogens (primary N) is 1. The summed E-state index contributed by atoms with van der Waals surface area (Å²) in [5.41, 5.74) is 6.29. The monoisotopic (exact) mass is 248 g/mol. The van der Waals surface area contributed by atoms with E-state index in [1.54, 1.807) is 17.8 Å². The lowest BCUT2D eigenvalue weighted by molar-refractivity contribution is -0.384. The van der Waals surface area contributed by atoms with Crippen LogP contribution in [0.3, 0.4) is 0 Å². The van der Waals surface area contributed by atoms with E-state index in [9.17, 15) is 10.1 Å². The molecule has 94 valence electrons. The highest BCUT2D eigenvalue weighted by molar-refractivity contribution is 5.65. The standard InChI is InChI=1S/C10H12N6O2/c1-6-5-9(14-15(6)2)13-10-7(16(17)18)3-4-8(11)12-10/h3-5H,1-2H3,(H3,11,12,13,14). The third kappa shape index (κ3) is 2.21. The molecule has 3 N–H and O–H groups in total. The number of aryl methyl sites for hydroxylation is 2. The Morgan fingerprint density at radius 1 is 1.50 bits per heavy atom. The van der Waals surface area contributed by atoms with Crippen molar-refractivity contribution in [2.75, 3.05) is 11.1 Å². The minimum Gasteiger partial charge on any atom is -0.384 e. The van der Waals surface area contributed by atoms with Gasteiger partial charge in [-0.3, -0.25) is 14.8 Å². The van der Waals surface area contributed by atoms with Gasteiger partial charge in [-0.15, -0.1) is 0 Å². The smallest absolute Gasteiger partial charge is 0.311 e. The zero-order valence-electron chi connectivity index (χ0n) is 9.91. The third-order valence-corrected chi connectivity index (χ3v) is 2.45. The van der Waals surface area contributed by atoms with Crippen LogP contribution in [0.5, 0.6) is 0 Å². The van der Waals surface area contributed by atoms with Crippen LogP contribution in [0, 0.1) is 17.0 Å². The Bertz CT molecular complexity index is 587. The van der Waals surface area contributed by atoms with Crippen LogP contribution in [0.4, 0.5) is 23.1 Å². The fourth-order valence-corrected chi connectivity index (χ4v) is 1.45. The number of nitrogens with one attached hydrogen (secondary N) is 1. The fourth-order valence-electron chi connectivity index (χ4n) is 1.45. The summed E-state index contributed by atoms with van der Waals surface area (Å²) in [6.45, 7) is 1.87. The number of hydrogen-bond donors (Lipinski definition) is 2. The van der Waals surface area contributed by atoms with Crippen LogP contribution in [0.2, 0.25) is 0 Å². The SMILES string of the molecule is Cc1cc(Nc2nc(N)ccc2[N+](=O)[O-])nn1C. The Hall–Kier alpha value is -2.64. The molecule has 0 atom stereocenters. The van der Waals surface area contributed by atoms with Crippen LogP contribution in [0.1, 0.15) is 5.69 Å². The second-order valence-electron chi connectivity index (χ2n) is 3.78. The average Bonchev–Trinajstić information content (AvgIpc) is 2.57. The molecule has 0 bridgehead atoms. The molecule has 0 aliphatic rings. The minimum absolute atomic E-state index is 0.0816. The molecule has 0 aromatic carbocycles. The summed E-state index contributed by atoms with van der Waals surface area (Å²) in [6, 6.07) is 4.45. The lowest BCUT2D eigenvalue weighted by Crippen LogP contribution is -2.02. The third-order valence-electron chi connectivity index (χ3n) is 2.45. The number of hydrogen-bond acceptors (Lipinski definition) is 6. The lowest BCUT2D eigenvalue weighted by Gasteiger charge is -2.03. The van der Waals surface area contributed by atoms with Crippen molar-refractivity contribution in [3.63, 3.8) is 0 Å². The zero-order valence-corrected chi connectivity index (χ0v) is 9.91. The number of rotatable bonds is 3. The van der Waals surface area contributed by atoms with E-state index in [1.165, 1.54) is 12.1 Å². The van der Waals surface area contributed by atoms with Crippen LogP contribution in [-0.2, 0) is 7.05 Å². The van der Waals surface area contributed by atoms with Crippen molar-refractivity contribution in [2.45, 2.75) is 6.92 Å². The molecule has 0 aliphatic heterocycles. The molecule has 2 heterocycles. The molecule has 18 heavy (non-hydrogen) atoms. The van der Waals surface area contributed by atoms with E-state index in [-0.39, 0.29) is 17.3 Å². The Kier molecular flexibility index (Phi) is 2.84. The van der Waals surface area contributed by atoms with Gasteiger partial charge in [0.2, 0.25) is 5.82 Å². The molecule has 0 aliphatic carbocycles. The molecule has 8 nitrogen and oxygen atoms in total. The number of nitro groups is 1. The first-order valence-electron chi connectivity index (χ1n) is 5.16. The number of anilines is 3. The van der Waals surface area contributed by atoms with Crippen LogP contribution in [0.25, 0.3) is 0 Å². The van der Waals surface area contributed by atoms with Crippen molar-refractivity contribution in [1.82, 2.24) is 14.8 Å². The summed E-state index contributed by atoms with van der Waals surface area (Å²) in [5.74, 6) is 0.769. The predicted molar refractivity (Wildman–Crippen MR) is 66.5 cm³/mol. The van der Waals surface area contributed by atoms with Gasteiger partial charge in [-0.2, -0.15) is 5.10 Å². The van der Waals surface area contributed by atoms with Gasteiger partial charge >= 0.3 is 5.69 Å². The molecule has 2 rings (SSSR count). The molecule has 0 spiro atoms. The second kappa shape index (κ2) is 4.32. The van der Waals surface area contributed by atoms with Gasteiger partial charge in [0.25, 0.3) is 0 Å². The number of pyridine rings is 1. The summed E-state index contributed by atoms with van der Waals surface area (Å²) in [6.07, 6.45) is 0. The minimum atomic E-state index is -0.523. The highest BCUT2D eigenvalue weighted by Crippen LogP contribution is 2.25. The normalized spacial score (nSPS) is 10.3. The topological polar surface area (TPSA) is 112 Å². The number of nitrogens with zero attached hydrogens (tertiary/aromatic N) is 4. The highest BCUT2D eigenvalue weighted by Gasteiger charge is 2.16. The van der Waals surface area contributed by atoms with Crippen LogP contribution < -0.4 is 11.1 Å². The maximum absolute atomic E-state index is 10.9. The second-order valence-corrected chi connectivity index (χ2v) is 3.78. The van der Waals surface area contributed by atoms with Crippen LogP contribution >= 0.6 is 0 Å². The maximum atomic E-state index is 10.9. The van der Waals surface area contributed by atoms with Crippen molar-refractivity contribution < 1.29 is 4.92 Å². The van der Waals surface area contributed by atoms with Gasteiger partial charge < -0.3 is 11.1 Å². The van der Waals surface area contributed by atoms with Gasteiger partial charge in [0, 0.05) is 24.9 Å². The number of aromatic nitrogens is 3. The highest BCUT2D eigenvalue weighted by atomic mass is 16.6. The summed E-state index contributed by atoms with van der Waals surface area (Å²) >= 11 is 0. The summed E-state index contributed by atoms with van der Waals surface area (Å²) in [4.78, 5) is 14.2. The summed E-state index contributed by atoms with van der Waals surface area (Å²) < 4.78 is 1.65. The van der Waals surface area contributed by atoms with E-state index < -0.39 is 4.92 Å². The summed E-state index contributed by atoms with van der Waals surface area (Å²) in [7, 11) is 1.78. The Morgan fingerprint density at radius 2 is 2.22 bits per heavy atom. The van der Waals surface area contributed by atoms with Gasteiger partial charge in [-0.25, -0.2) is 4.98 Å². The zero-order chi connectivity index (χ0) is 13.3. The first-order chi connectivity index (χ1) is 8.47. The molecular weight excluding hydrogens is 236 g/mol. The predicted octanol–water partition coefficient (Wildman–Crippen LogP) is 1.36. The van der Waals surface area contributed by atoms with E-state index >= 15 is 0 Å². The van der Waals surface area contributed by atoms with E-state index in [0.29, 0.717) is 5.82 Å². The first kappa shape index (κ1) is 11.8. The van der Waals surface area contributed by atoms with Crippen LogP contribution in [0.15, 0.2) is 18.2 Å². The van der Waals surface area contributed by atoms with E-state index in [2.05, 4.69) is 15.4 Å². The van der Waals surface area contributed by atoms with Gasteiger partial charge in [0.05, 0.1) is 4.92 Å². The molecular formula is C10H12N6O2. The summed E-state index contributed by atoms with van der Waals surface area (Å²) in [5, 5.41) is 17.8. The molecule has 0 amide bonds. The molecule has 0 saturated carbocycles. The number of nitrogen functional groups attached to an aromatic ring is 1. The van der Waals surface area contributed by atoms with E-state index in [0.717, 1.165) is 5.69 Å². The fraction of sp³-hybridized carbons (Fsp3) is 0.200. The maximum Gasteiger partial charge on any atom is 0.311 e. The van der Waals surface area contributed by atoms with Gasteiger partial charge in [-0.1, -0.05) is 0 Å². The van der Waals surface area contributed by atoms with Gasteiger partial charge in [-0.05, 0) is 13.0 Å². The Morgan fingerprint density at radius 3 is 2.78 bits per heavy atom. The van der Waals surface area contributed by atoms with E-state index in [1.807, 2.05) is 6.92 Å². The average molecular weight is 248 g/mol. The van der Waals surface area contributed by atoms with Crippen molar-refractivity contribution in [2.24, 2.45) is 7.05 Å². The molecule has 0 saturated heterocycles. The van der Waals surface area contributed by atoms with Gasteiger partial charge in [0.1, 0.15) is 5.82 Å². The van der Waals surface area contributed by atoms with Crippen LogP contribution in [-0.4, -0.2) is 19.7 Å². The van der Waals surface area contributed by atoms with Crippen molar-refractivity contribution in [3.8, 4) is 0 Å². The first-order valence-corrected chi connectivity index (χ1v) is 5.16. The van der Waals surface area contributed by atoms with Crippen molar-refractivity contribution in [1.29, 1.82) is 0 Å². The molecule has 2 aromatic rings. The Labute approximate surface area is 103 Å². The molecule has 8 heteroatoms. The quantitative estimate of drug-likeness (QED) is 0.626. The van der Waals surface area contributed by atoms with Crippen molar-refractivity contribution in [3.05, 3.63) is 34.0 Å². The molecule has 2 aromatic heterocycles. The van der Waals surface area contributed by atoms with E-state index in [4.69, 9.17) is 5.73 Å². The van der Waals surface area contributed by atoms with Crippen molar-refractivity contribution >= 4 is 23.1 Å². The molecule has 0 fully saturated rings. The largest absolute Gasteiger partial charge is 0.384 e. The Balaban J connectivity index is 2.38.